The Hall–Kier alpha value is -2.13. The molecule has 1 unspecified atom stereocenters. The highest BCUT2D eigenvalue weighted by atomic mass is 16.2. The van der Waals surface area contributed by atoms with E-state index in [-0.39, 0.29) is 5.91 Å². The molecule has 2 aromatic carbocycles. The Labute approximate surface area is 168 Å². The molecule has 2 fully saturated rings. The predicted octanol–water partition coefficient (Wildman–Crippen LogP) is 4.30. The van der Waals surface area contributed by atoms with Gasteiger partial charge in [0.25, 0.3) is 5.91 Å². The van der Waals surface area contributed by atoms with E-state index in [0.29, 0.717) is 0 Å². The third-order valence-corrected chi connectivity index (χ3v) is 7.05. The summed E-state index contributed by atoms with van der Waals surface area (Å²) in [5.74, 6) is 0.943. The van der Waals surface area contributed by atoms with Crippen molar-refractivity contribution in [3.8, 4) is 0 Å². The molecule has 1 saturated heterocycles. The summed E-state index contributed by atoms with van der Waals surface area (Å²) in [6.45, 7) is 4.09. The van der Waals surface area contributed by atoms with Gasteiger partial charge in [0.2, 0.25) is 0 Å². The third kappa shape index (κ3) is 3.60. The minimum atomic E-state index is 0.165. The van der Waals surface area contributed by atoms with E-state index in [1.165, 1.54) is 55.5 Å². The van der Waals surface area contributed by atoms with Crippen molar-refractivity contribution >= 4 is 5.91 Å². The molecule has 1 atom stereocenters. The number of hydrogen-bond donors (Lipinski definition) is 0. The van der Waals surface area contributed by atoms with Gasteiger partial charge >= 0.3 is 0 Å². The topological polar surface area (TPSA) is 23.6 Å². The molecule has 0 aromatic heterocycles. The van der Waals surface area contributed by atoms with Gasteiger partial charge in [0.05, 0.1) is 0 Å². The second-order valence-electron chi connectivity index (χ2n) is 8.88. The molecule has 2 aliphatic heterocycles. The predicted molar refractivity (Wildman–Crippen MR) is 112 cm³/mol. The van der Waals surface area contributed by atoms with Crippen LogP contribution in [-0.2, 0) is 19.4 Å². The lowest BCUT2D eigenvalue weighted by Gasteiger charge is -2.34. The van der Waals surface area contributed by atoms with E-state index in [0.717, 1.165) is 43.5 Å². The Morgan fingerprint density at radius 1 is 0.929 bits per heavy atom. The summed E-state index contributed by atoms with van der Waals surface area (Å²) < 4.78 is 0. The van der Waals surface area contributed by atoms with Crippen LogP contribution < -0.4 is 0 Å². The number of benzene rings is 2. The van der Waals surface area contributed by atoms with Crippen LogP contribution in [0.2, 0.25) is 0 Å². The van der Waals surface area contributed by atoms with Gasteiger partial charge in [0.15, 0.2) is 0 Å². The van der Waals surface area contributed by atoms with Gasteiger partial charge in [-0.3, -0.25) is 4.79 Å². The lowest BCUT2D eigenvalue weighted by molar-refractivity contribution is 0.0734. The number of carbonyl (C=O) groups is 1. The van der Waals surface area contributed by atoms with Crippen LogP contribution in [0, 0.1) is 5.92 Å². The second kappa shape index (κ2) is 7.71. The van der Waals surface area contributed by atoms with Crippen LogP contribution in [0.15, 0.2) is 48.5 Å². The van der Waals surface area contributed by atoms with Crippen LogP contribution in [0.1, 0.15) is 52.7 Å². The van der Waals surface area contributed by atoms with E-state index in [1.807, 2.05) is 17.0 Å². The number of carbonyl (C=O) groups excluding carboxylic acids is 1. The largest absolute Gasteiger partial charge is 0.334 e. The molecule has 3 nitrogen and oxygen atoms in total. The van der Waals surface area contributed by atoms with Crippen molar-refractivity contribution in [2.75, 3.05) is 19.6 Å². The van der Waals surface area contributed by atoms with Crippen LogP contribution >= 0.6 is 0 Å². The van der Waals surface area contributed by atoms with E-state index in [1.54, 1.807) is 0 Å². The average molecular weight is 375 g/mol. The molecule has 3 aliphatic rings. The lowest BCUT2D eigenvalue weighted by Crippen LogP contribution is -2.38. The minimum absolute atomic E-state index is 0.165. The van der Waals surface area contributed by atoms with E-state index in [9.17, 15) is 4.79 Å². The van der Waals surface area contributed by atoms with Crippen LogP contribution in [0.4, 0.5) is 0 Å². The van der Waals surface area contributed by atoms with E-state index in [2.05, 4.69) is 41.3 Å². The van der Waals surface area contributed by atoms with Gasteiger partial charge in [-0.05, 0) is 73.4 Å². The molecule has 2 aromatic rings. The summed E-state index contributed by atoms with van der Waals surface area (Å²) in [6.07, 6.45) is 7.66. The first-order valence-corrected chi connectivity index (χ1v) is 11.0. The quantitative estimate of drug-likeness (QED) is 0.796. The molecule has 0 N–H and O–H groups in total. The van der Waals surface area contributed by atoms with Crippen molar-refractivity contribution in [2.45, 2.75) is 51.1 Å². The van der Waals surface area contributed by atoms with Gasteiger partial charge < -0.3 is 9.80 Å². The smallest absolute Gasteiger partial charge is 0.254 e. The molecule has 5 rings (SSSR count). The van der Waals surface area contributed by atoms with Crippen LogP contribution in [0.25, 0.3) is 0 Å². The molecular formula is C25H30N2O. The highest BCUT2D eigenvalue weighted by Crippen LogP contribution is 2.31. The van der Waals surface area contributed by atoms with E-state index in [4.69, 9.17) is 0 Å². The van der Waals surface area contributed by atoms with Crippen molar-refractivity contribution in [3.63, 3.8) is 0 Å². The summed E-state index contributed by atoms with van der Waals surface area (Å²) in [5, 5.41) is 0. The molecular weight excluding hydrogens is 344 g/mol. The fraction of sp³-hybridized carbons (Fsp3) is 0.480. The molecule has 3 heteroatoms. The Morgan fingerprint density at radius 3 is 2.46 bits per heavy atom. The fourth-order valence-electron chi connectivity index (χ4n) is 5.08. The van der Waals surface area contributed by atoms with Crippen molar-refractivity contribution in [1.29, 1.82) is 0 Å². The highest BCUT2D eigenvalue weighted by molar-refractivity contribution is 5.94. The average Bonchev–Trinajstić information content (AvgIpc) is 3.14. The van der Waals surface area contributed by atoms with Gasteiger partial charge in [-0.15, -0.1) is 0 Å². The Morgan fingerprint density at radius 2 is 1.71 bits per heavy atom. The summed E-state index contributed by atoms with van der Waals surface area (Å²) >= 11 is 0. The molecule has 1 aliphatic carbocycles. The van der Waals surface area contributed by atoms with Crippen molar-refractivity contribution in [1.82, 2.24) is 9.80 Å². The number of hydrogen-bond acceptors (Lipinski definition) is 2. The second-order valence-corrected chi connectivity index (χ2v) is 8.88. The van der Waals surface area contributed by atoms with Gasteiger partial charge in [-0.2, -0.15) is 0 Å². The third-order valence-electron chi connectivity index (χ3n) is 7.05. The van der Waals surface area contributed by atoms with Gasteiger partial charge in [-0.1, -0.05) is 42.8 Å². The van der Waals surface area contributed by atoms with Crippen LogP contribution in [-0.4, -0.2) is 41.4 Å². The molecule has 1 amide bonds. The van der Waals surface area contributed by atoms with E-state index < -0.39 is 0 Å². The number of amides is 1. The normalized spacial score (nSPS) is 22.7. The number of likely N-dealkylation sites (tertiary alicyclic amines) is 1. The maximum atomic E-state index is 12.9. The summed E-state index contributed by atoms with van der Waals surface area (Å²) in [5.41, 5.74) is 4.87. The van der Waals surface area contributed by atoms with Crippen molar-refractivity contribution in [2.24, 2.45) is 5.92 Å². The fourth-order valence-corrected chi connectivity index (χ4v) is 5.08. The van der Waals surface area contributed by atoms with Gasteiger partial charge in [-0.25, -0.2) is 0 Å². The zero-order valence-electron chi connectivity index (χ0n) is 16.6. The van der Waals surface area contributed by atoms with Gasteiger partial charge in [0, 0.05) is 31.2 Å². The van der Waals surface area contributed by atoms with Crippen LogP contribution in [0.3, 0.4) is 0 Å². The first-order valence-electron chi connectivity index (χ1n) is 11.0. The lowest BCUT2D eigenvalue weighted by atomic mass is 9.91. The number of nitrogens with zero attached hydrogens (tertiary/aromatic N) is 2. The first-order chi connectivity index (χ1) is 13.8. The molecule has 0 radical (unpaired) electrons. The zero-order valence-corrected chi connectivity index (χ0v) is 16.6. The van der Waals surface area contributed by atoms with E-state index >= 15 is 0 Å². The molecule has 0 bridgehead atoms. The molecule has 2 heterocycles. The zero-order chi connectivity index (χ0) is 18.9. The highest BCUT2D eigenvalue weighted by Gasteiger charge is 2.31. The number of rotatable bonds is 4. The van der Waals surface area contributed by atoms with Crippen LogP contribution in [0.5, 0.6) is 0 Å². The first kappa shape index (κ1) is 17.9. The van der Waals surface area contributed by atoms with Gasteiger partial charge in [0.1, 0.15) is 0 Å². The standard InChI is InChI=1S/C25H30N2O/c28-25(27-15-13-21-4-1-2-5-23(21)18-27)22-10-8-19(9-11-22)16-20-12-14-26(17-20)24-6-3-7-24/h1-2,4-5,8-11,20,24H,3,6-7,12-18H2. The molecule has 28 heavy (non-hydrogen) atoms. The molecule has 146 valence electrons. The minimum Gasteiger partial charge on any atom is -0.334 e. The summed E-state index contributed by atoms with van der Waals surface area (Å²) in [4.78, 5) is 17.6. The van der Waals surface area contributed by atoms with Crippen molar-refractivity contribution < 1.29 is 4.79 Å². The SMILES string of the molecule is O=C(c1ccc(CC2CCN(C3CCC3)C2)cc1)N1CCc2ccccc2C1. The summed E-state index contributed by atoms with van der Waals surface area (Å²) in [6, 6.07) is 17.8. The summed E-state index contributed by atoms with van der Waals surface area (Å²) in [7, 11) is 0. The molecule has 0 spiro atoms. The molecule has 1 saturated carbocycles. The van der Waals surface area contributed by atoms with Crippen molar-refractivity contribution in [3.05, 3.63) is 70.8 Å². The maximum Gasteiger partial charge on any atom is 0.254 e. The maximum absolute atomic E-state index is 12.9. The monoisotopic (exact) mass is 374 g/mol. The Kier molecular flexibility index (Phi) is 4.94. The Balaban J connectivity index is 1.19. The number of fused-ring (bicyclic) bond motifs is 1. The Bertz CT molecular complexity index is 840.